The van der Waals surface area contributed by atoms with E-state index in [9.17, 15) is 4.79 Å². The van der Waals surface area contributed by atoms with Crippen LogP contribution in [0.3, 0.4) is 0 Å². The number of hydrazone groups is 1. The van der Waals surface area contributed by atoms with Crippen LogP contribution in [-0.4, -0.2) is 39.2 Å². The number of para-hydroxylation sites is 1. The number of nitrogens with zero attached hydrogens (tertiary/aromatic N) is 1. The van der Waals surface area contributed by atoms with Gasteiger partial charge in [0.15, 0.2) is 11.5 Å². The van der Waals surface area contributed by atoms with E-state index in [1.165, 1.54) is 6.21 Å². The molecule has 0 spiro atoms. The molecule has 0 atom stereocenters. The van der Waals surface area contributed by atoms with Crippen LogP contribution in [-0.2, 0) is 4.74 Å². The lowest BCUT2D eigenvalue weighted by Crippen LogP contribution is -2.18. The lowest BCUT2D eigenvalue weighted by molar-refractivity contribution is 0.152. The molecule has 1 amide bonds. The molecule has 2 aromatic rings. The Morgan fingerprint density at radius 2 is 1.85 bits per heavy atom. The predicted octanol–water partition coefficient (Wildman–Crippen LogP) is 3.89. The van der Waals surface area contributed by atoms with Gasteiger partial charge < -0.3 is 18.9 Å². The van der Waals surface area contributed by atoms with Crippen molar-refractivity contribution >= 4 is 23.9 Å². The third kappa shape index (κ3) is 6.71. The number of carbonyl (C=O) groups excluding carboxylic acids is 1. The summed E-state index contributed by atoms with van der Waals surface area (Å²) in [6.07, 6.45) is 0.864. The Hall–Kier alpha value is -2.93. The summed E-state index contributed by atoms with van der Waals surface area (Å²) in [5.74, 6) is 1.71. The van der Waals surface area contributed by atoms with E-state index in [4.69, 9.17) is 30.5 Å². The maximum atomic E-state index is 11.2. The fourth-order valence-electron chi connectivity index (χ4n) is 2.07. The average Bonchev–Trinajstić information content (AvgIpc) is 2.67. The molecule has 0 unspecified atom stereocenters. The first-order valence-corrected chi connectivity index (χ1v) is 8.65. The van der Waals surface area contributed by atoms with Crippen molar-refractivity contribution in [3.8, 4) is 17.2 Å². The number of rotatable bonds is 9. The van der Waals surface area contributed by atoms with Crippen molar-refractivity contribution in [3.05, 3.63) is 53.1 Å². The zero-order valence-corrected chi connectivity index (χ0v) is 15.9. The topological polar surface area (TPSA) is 78.4 Å². The third-order valence-electron chi connectivity index (χ3n) is 3.27. The van der Waals surface area contributed by atoms with Gasteiger partial charge in [-0.05, 0) is 42.8 Å². The minimum Gasteiger partial charge on any atom is -0.493 e. The Morgan fingerprint density at radius 3 is 2.56 bits per heavy atom. The fourth-order valence-corrected chi connectivity index (χ4v) is 2.26. The van der Waals surface area contributed by atoms with E-state index < -0.39 is 6.09 Å². The summed E-state index contributed by atoms with van der Waals surface area (Å²) in [5.41, 5.74) is 2.98. The summed E-state index contributed by atoms with van der Waals surface area (Å²) in [7, 11) is 1.54. The van der Waals surface area contributed by atoms with E-state index >= 15 is 0 Å². The van der Waals surface area contributed by atoms with Crippen LogP contribution < -0.4 is 19.6 Å². The number of methoxy groups -OCH3 is 1. The first-order chi connectivity index (χ1) is 13.1. The summed E-state index contributed by atoms with van der Waals surface area (Å²) >= 11 is 6.03. The molecule has 0 aliphatic heterocycles. The van der Waals surface area contributed by atoms with Crippen LogP contribution in [0.25, 0.3) is 0 Å². The lowest BCUT2D eigenvalue weighted by Gasteiger charge is -2.12. The normalized spacial score (nSPS) is 10.5. The first kappa shape index (κ1) is 20.4. The second kappa shape index (κ2) is 10.9. The highest BCUT2D eigenvalue weighted by atomic mass is 35.5. The van der Waals surface area contributed by atoms with Crippen molar-refractivity contribution in [1.29, 1.82) is 0 Å². The van der Waals surface area contributed by atoms with Crippen LogP contribution >= 0.6 is 11.6 Å². The Kier molecular flexibility index (Phi) is 8.25. The maximum Gasteiger partial charge on any atom is 0.427 e. The minimum absolute atomic E-state index is 0.279. The molecular weight excluding hydrogens is 372 g/mol. The highest BCUT2D eigenvalue weighted by Crippen LogP contribution is 2.28. The molecule has 144 valence electrons. The molecule has 0 aliphatic carbocycles. The summed E-state index contributed by atoms with van der Waals surface area (Å²) in [5, 5.41) is 4.36. The lowest BCUT2D eigenvalue weighted by atomic mass is 10.2. The fraction of sp³-hybridized carbons (Fsp3) is 0.263. The number of carbonyl (C=O) groups is 1. The molecule has 0 fully saturated rings. The molecule has 0 saturated carbocycles. The molecule has 7 nitrogen and oxygen atoms in total. The van der Waals surface area contributed by atoms with Crippen molar-refractivity contribution in [1.82, 2.24) is 5.43 Å². The van der Waals surface area contributed by atoms with E-state index in [1.807, 2.05) is 12.1 Å². The molecule has 1 N–H and O–H groups in total. The highest BCUT2D eigenvalue weighted by molar-refractivity contribution is 6.32. The summed E-state index contributed by atoms with van der Waals surface area (Å²) in [6, 6.07) is 12.5. The van der Waals surface area contributed by atoms with Crippen LogP contribution in [0.15, 0.2) is 47.6 Å². The molecule has 0 radical (unpaired) electrons. The van der Waals surface area contributed by atoms with Crippen molar-refractivity contribution in [2.24, 2.45) is 5.10 Å². The Balaban J connectivity index is 1.87. The molecule has 0 aliphatic rings. The molecule has 27 heavy (non-hydrogen) atoms. The number of hydrogen-bond acceptors (Lipinski definition) is 6. The number of benzene rings is 2. The van der Waals surface area contributed by atoms with Crippen molar-refractivity contribution in [3.63, 3.8) is 0 Å². The Labute approximate surface area is 162 Å². The maximum absolute atomic E-state index is 11.2. The third-order valence-corrected chi connectivity index (χ3v) is 3.58. The van der Waals surface area contributed by atoms with Gasteiger partial charge in [-0.15, -0.1) is 0 Å². The standard InChI is InChI=1S/C19H21ClN2O5/c1-3-25-19(23)22-21-13-14-8-9-17(18(12-14)24-2)27-11-10-26-16-7-5-4-6-15(16)20/h4-9,12-13H,3,10-11H2,1-2H3,(H,22,23)/b21-13-. The van der Waals surface area contributed by atoms with Gasteiger partial charge in [-0.3, -0.25) is 0 Å². The van der Waals surface area contributed by atoms with Crippen molar-refractivity contribution < 1.29 is 23.7 Å². The molecule has 0 heterocycles. The van der Waals surface area contributed by atoms with Crippen molar-refractivity contribution in [2.75, 3.05) is 26.9 Å². The van der Waals surface area contributed by atoms with Gasteiger partial charge in [-0.25, -0.2) is 10.2 Å². The summed E-state index contributed by atoms with van der Waals surface area (Å²) < 4.78 is 21.3. The van der Waals surface area contributed by atoms with Gasteiger partial charge in [0.05, 0.1) is 25.0 Å². The second-order valence-corrected chi connectivity index (χ2v) is 5.54. The number of hydrogen-bond donors (Lipinski definition) is 1. The number of ether oxygens (including phenoxy) is 4. The van der Waals surface area contributed by atoms with Gasteiger partial charge >= 0.3 is 6.09 Å². The van der Waals surface area contributed by atoms with Gasteiger partial charge in [-0.1, -0.05) is 23.7 Å². The molecule has 0 bridgehead atoms. The molecule has 2 aromatic carbocycles. The molecule has 8 heteroatoms. The molecule has 0 saturated heterocycles. The van der Waals surface area contributed by atoms with Crippen LogP contribution in [0, 0.1) is 0 Å². The van der Waals surface area contributed by atoms with Crippen LogP contribution in [0.1, 0.15) is 12.5 Å². The van der Waals surface area contributed by atoms with Crippen LogP contribution in [0.2, 0.25) is 5.02 Å². The van der Waals surface area contributed by atoms with Gasteiger partial charge in [0.2, 0.25) is 0 Å². The molecular formula is C19H21ClN2O5. The van der Waals surface area contributed by atoms with Crippen LogP contribution in [0.5, 0.6) is 17.2 Å². The molecule has 2 rings (SSSR count). The van der Waals surface area contributed by atoms with Crippen molar-refractivity contribution in [2.45, 2.75) is 6.92 Å². The van der Waals surface area contributed by atoms with E-state index in [1.54, 1.807) is 44.4 Å². The van der Waals surface area contributed by atoms with E-state index in [0.29, 0.717) is 35.5 Å². The van der Waals surface area contributed by atoms with E-state index in [0.717, 1.165) is 5.56 Å². The zero-order chi connectivity index (χ0) is 19.5. The number of halogens is 1. The zero-order valence-electron chi connectivity index (χ0n) is 15.1. The quantitative estimate of drug-likeness (QED) is 0.398. The number of amides is 1. The number of nitrogens with one attached hydrogen (secondary N) is 1. The summed E-state index contributed by atoms with van der Waals surface area (Å²) in [4.78, 5) is 11.2. The smallest absolute Gasteiger partial charge is 0.427 e. The Bertz CT molecular complexity index is 782. The SMILES string of the molecule is CCOC(=O)N/N=C\c1ccc(OCCOc2ccccc2Cl)c(OC)c1. The van der Waals surface area contributed by atoms with E-state index in [-0.39, 0.29) is 6.61 Å². The first-order valence-electron chi connectivity index (χ1n) is 8.28. The van der Waals surface area contributed by atoms with E-state index in [2.05, 4.69) is 10.5 Å². The Morgan fingerprint density at radius 1 is 1.11 bits per heavy atom. The van der Waals surface area contributed by atoms with Gasteiger partial charge in [0.1, 0.15) is 19.0 Å². The highest BCUT2D eigenvalue weighted by Gasteiger charge is 2.06. The second-order valence-electron chi connectivity index (χ2n) is 5.13. The monoisotopic (exact) mass is 392 g/mol. The van der Waals surface area contributed by atoms with Gasteiger partial charge in [0, 0.05) is 0 Å². The largest absolute Gasteiger partial charge is 0.493 e. The molecule has 0 aromatic heterocycles. The predicted molar refractivity (Wildman–Crippen MR) is 103 cm³/mol. The van der Waals surface area contributed by atoms with Crippen LogP contribution in [0.4, 0.5) is 4.79 Å². The summed E-state index contributed by atoms with van der Waals surface area (Å²) in [6.45, 7) is 2.65. The van der Waals surface area contributed by atoms with Gasteiger partial charge in [0.25, 0.3) is 0 Å². The minimum atomic E-state index is -0.612. The average molecular weight is 393 g/mol. The van der Waals surface area contributed by atoms with Gasteiger partial charge in [-0.2, -0.15) is 5.10 Å².